The van der Waals surface area contributed by atoms with Crippen molar-refractivity contribution in [3.05, 3.63) is 54.3 Å². The molecule has 1 atom stereocenters. The number of benzene rings is 2. The maximum Gasteiger partial charge on any atom is 0.265 e. The van der Waals surface area contributed by atoms with E-state index < -0.39 is 6.10 Å². The number of likely N-dealkylation sites (N-methyl/N-ethyl adjacent to an activating group) is 1. The molecule has 0 saturated carbocycles. The fourth-order valence-electron chi connectivity index (χ4n) is 3.58. The Bertz CT molecular complexity index is 788. The third-order valence-electron chi connectivity index (χ3n) is 5.04. The fourth-order valence-corrected chi connectivity index (χ4v) is 3.58. The van der Waals surface area contributed by atoms with Crippen molar-refractivity contribution in [2.75, 3.05) is 49.6 Å². The number of carbonyl (C=O) groups is 1. The molecule has 1 fully saturated rings. The summed E-state index contributed by atoms with van der Waals surface area (Å²) in [4.78, 5) is 19.0. The number of rotatable bonds is 2. The summed E-state index contributed by atoms with van der Waals surface area (Å²) in [6.07, 6.45) is -0.479. The predicted molar refractivity (Wildman–Crippen MR) is 99.3 cm³/mol. The second kappa shape index (κ2) is 6.86. The van der Waals surface area contributed by atoms with Gasteiger partial charge in [0.25, 0.3) is 5.91 Å². The highest BCUT2D eigenvalue weighted by Crippen LogP contribution is 2.32. The molecule has 0 bridgehead atoms. The number of para-hydroxylation sites is 2. The van der Waals surface area contributed by atoms with Crippen molar-refractivity contribution in [2.45, 2.75) is 6.10 Å². The van der Waals surface area contributed by atoms with Crippen LogP contribution in [-0.2, 0) is 4.79 Å². The molecule has 2 aromatic carbocycles. The predicted octanol–water partition coefficient (Wildman–Crippen LogP) is 2.37. The molecule has 2 aliphatic heterocycles. The average molecular weight is 355 g/mol. The van der Waals surface area contributed by atoms with Crippen LogP contribution in [0.1, 0.15) is 0 Å². The molecule has 26 heavy (non-hydrogen) atoms. The summed E-state index contributed by atoms with van der Waals surface area (Å²) in [5.74, 6) is 0.552. The van der Waals surface area contributed by atoms with E-state index in [9.17, 15) is 9.18 Å². The molecule has 6 heteroatoms. The first-order chi connectivity index (χ1) is 12.6. The lowest BCUT2D eigenvalue weighted by Gasteiger charge is -2.39. The summed E-state index contributed by atoms with van der Waals surface area (Å²) in [6.45, 7) is 3.30. The summed E-state index contributed by atoms with van der Waals surface area (Å²) in [5, 5.41) is 0. The van der Waals surface area contributed by atoms with Gasteiger partial charge in [0.2, 0.25) is 0 Å². The molecule has 136 valence electrons. The third kappa shape index (κ3) is 3.19. The molecule has 1 unspecified atom stereocenters. The van der Waals surface area contributed by atoms with Gasteiger partial charge in [0.05, 0.1) is 12.2 Å². The lowest BCUT2D eigenvalue weighted by Crippen LogP contribution is -2.55. The van der Waals surface area contributed by atoms with Crippen LogP contribution in [0.5, 0.6) is 5.75 Å². The van der Waals surface area contributed by atoms with Gasteiger partial charge in [0.15, 0.2) is 6.10 Å². The van der Waals surface area contributed by atoms with E-state index >= 15 is 0 Å². The zero-order chi connectivity index (χ0) is 18.1. The quantitative estimate of drug-likeness (QED) is 0.829. The molecule has 1 saturated heterocycles. The minimum atomic E-state index is -0.479. The normalized spacial score (nSPS) is 19.8. The van der Waals surface area contributed by atoms with Crippen LogP contribution in [-0.4, -0.2) is 56.7 Å². The SMILES string of the molecule is CN1CC(C(=O)N2CCN(c3ccc(F)cc3)CC2)Oc2ccccc21. The Labute approximate surface area is 152 Å². The van der Waals surface area contributed by atoms with Crippen LogP contribution in [0.3, 0.4) is 0 Å². The third-order valence-corrected chi connectivity index (χ3v) is 5.04. The molecule has 0 aliphatic carbocycles. The van der Waals surface area contributed by atoms with Crippen molar-refractivity contribution < 1.29 is 13.9 Å². The van der Waals surface area contributed by atoms with E-state index in [1.54, 1.807) is 12.1 Å². The van der Waals surface area contributed by atoms with E-state index in [1.165, 1.54) is 12.1 Å². The standard InChI is InChI=1S/C20H22FN3O2/c1-22-14-19(26-18-5-3-2-4-17(18)22)20(25)24-12-10-23(11-13-24)16-8-6-15(21)7-9-16/h2-9,19H,10-14H2,1H3. The molecule has 5 nitrogen and oxygen atoms in total. The molecular weight excluding hydrogens is 333 g/mol. The second-order valence-corrected chi connectivity index (χ2v) is 6.74. The number of hydrogen-bond acceptors (Lipinski definition) is 4. The van der Waals surface area contributed by atoms with E-state index in [0.29, 0.717) is 19.6 Å². The summed E-state index contributed by atoms with van der Waals surface area (Å²) < 4.78 is 19.0. The maximum atomic E-state index is 13.1. The smallest absolute Gasteiger partial charge is 0.265 e. The van der Waals surface area contributed by atoms with Crippen LogP contribution < -0.4 is 14.5 Å². The Morgan fingerprint density at radius 1 is 1.04 bits per heavy atom. The molecule has 0 radical (unpaired) electrons. The Morgan fingerprint density at radius 2 is 1.73 bits per heavy atom. The van der Waals surface area contributed by atoms with Gasteiger partial charge >= 0.3 is 0 Å². The number of fused-ring (bicyclic) bond motifs is 1. The largest absolute Gasteiger partial charge is 0.477 e. The van der Waals surface area contributed by atoms with Crippen molar-refractivity contribution >= 4 is 17.3 Å². The Morgan fingerprint density at radius 3 is 2.46 bits per heavy atom. The van der Waals surface area contributed by atoms with E-state index in [1.807, 2.05) is 36.2 Å². The summed E-state index contributed by atoms with van der Waals surface area (Å²) in [6, 6.07) is 14.3. The first kappa shape index (κ1) is 16.7. The van der Waals surface area contributed by atoms with Gasteiger partial charge < -0.3 is 19.4 Å². The molecule has 0 aromatic heterocycles. The van der Waals surface area contributed by atoms with Gasteiger partial charge in [-0.2, -0.15) is 0 Å². The van der Waals surface area contributed by atoms with E-state index in [0.717, 1.165) is 30.2 Å². The topological polar surface area (TPSA) is 36.0 Å². The Hall–Kier alpha value is -2.76. The lowest BCUT2D eigenvalue weighted by atomic mass is 10.1. The zero-order valence-electron chi connectivity index (χ0n) is 14.8. The Kier molecular flexibility index (Phi) is 4.41. The molecule has 2 aliphatic rings. The van der Waals surface area contributed by atoms with Crippen molar-refractivity contribution in [3.63, 3.8) is 0 Å². The number of piperazine rings is 1. The summed E-state index contributed by atoms with van der Waals surface area (Å²) in [7, 11) is 1.98. The minimum absolute atomic E-state index is 0.0325. The van der Waals surface area contributed by atoms with Crippen LogP contribution in [0.2, 0.25) is 0 Å². The average Bonchev–Trinajstić information content (AvgIpc) is 2.68. The van der Waals surface area contributed by atoms with Crippen molar-refractivity contribution in [1.82, 2.24) is 4.90 Å². The summed E-state index contributed by atoms with van der Waals surface area (Å²) >= 11 is 0. The number of nitrogens with zero attached hydrogens (tertiary/aromatic N) is 3. The molecule has 4 rings (SSSR count). The van der Waals surface area contributed by atoms with Gasteiger partial charge in [0, 0.05) is 38.9 Å². The minimum Gasteiger partial charge on any atom is -0.477 e. The number of halogens is 1. The summed E-state index contributed by atoms with van der Waals surface area (Å²) in [5.41, 5.74) is 2.00. The maximum absolute atomic E-state index is 13.1. The fraction of sp³-hybridized carbons (Fsp3) is 0.350. The van der Waals surface area contributed by atoms with Crippen LogP contribution in [0.4, 0.5) is 15.8 Å². The van der Waals surface area contributed by atoms with Crippen LogP contribution in [0.15, 0.2) is 48.5 Å². The molecular formula is C20H22FN3O2. The van der Waals surface area contributed by atoms with E-state index in [2.05, 4.69) is 9.80 Å². The van der Waals surface area contributed by atoms with E-state index in [4.69, 9.17) is 4.74 Å². The number of amides is 1. The van der Waals surface area contributed by atoms with Crippen LogP contribution >= 0.6 is 0 Å². The second-order valence-electron chi connectivity index (χ2n) is 6.74. The van der Waals surface area contributed by atoms with E-state index in [-0.39, 0.29) is 11.7 Å². The van der Waals surface area contributed by atoms with Gasteiger partial charge in [-0.25, -0.2) is 4.39 Å². The van der Waals surface area contributed by atoms with Gasteiger partial charge in [-0.15, -0.1) is 0 Å². The van der Waals surface area contributed by atoms with Gasteiger partial charge in [0.1, 0.15) is 11.6 Å². The van der Waals surface area contributed by atoms with Crippen molar-refractivity contribution in [3.8, 4) is 5.75 Å². The lowest BCUT2D eigenvalue weighted by molar-refractivity contribution is -0.138. The highest BCUT2D eigenvalue weighted by atomic mass is 19.1. The monoisotopic (exact) mass is 355 g/mol. The highest BCUT2D eigenvalue weighted by Gasteiger charge is 2.33. The van der Waals surface area contributed by atoms with Gasteiger partial charge in [-0.1, -0.05) is 12.1 Å². The van der Waals surface area contributed by atoms with Crippen LogP contribution in [0.25, 0.3) is 0 Å². The van der Waals surface area contributed by atoms with Crippen molar-refractivity contribution in [2.24, 2.45) is 0 Å². The molecule has 1 amide bonds. The highest BCUT2D eigenvalue weighted by molar-refractivity contribution is 5.83. The number of ether oxygens (including phenoxy) is 1. The molecule has 2 aromatic rings. The van der Waals surface area contributed by atoms with Crippen LogP contribution in [0, 0.1) is 5.82 Å². The molecule has 0 N–H and O–H groups in total. The van der Waals surface area contributed by atoms with Crippen molar-refractivity contribution in [1.29, 1.82) is 0 Å². The van der Waals surface area contributed by atoms with Gasteiger partial charge in [-0.05, 0) is 36.4 Å². The number of carbonyl (C=O) groups excluding carboxylic acids is 1. The molecule has 2 heterocycles. The molecule has 0 spiro atoms. The number of hydrogen-bond donors (Lipinski definition) is 0. The first-order valence-electron chi connectivity index (χ1n) is 8.88. The Balaban J connectivity index is 1.39. The van der Waals surface area contributed by atoms with Gasteiger partial charge in [-0.3, -0.25) is 4.79 Å². The number of anilines is 2. The zero-order valence-corrected chi connectivity index (χ0v) is 14.8. The first-order valence-corrected chi connectivity index (χ1v) is 8.88.